The van der Waals surface area contributed by atoms with Crippen molar-refractivity contribution >= 4 is 11.8 Å². The van der Waals surface area contributed by atoms with Gasteiger partial charge in [-0.25, -0.2) is 0 Å². The first kappa shape index (κ1) is 15.2. The standard InChI is InChI=1S/C14H23NO2S/c1-4-18-14-10-12(16-2)11(7-5-6-8-15)9-13(14)17-3/h9-10H,4-8,15H2,1-3H3. The summed E-state index contributed by atoms with van der Waals surface area (Å²) < 4.78 is 10.9. The number of unbranched alkanes of at least 4 members (excludes halogenated alkanes) is 1. The molecule has 0 aliphatic rings. The molecule has 0 fully saturated rings. The maximum Gasteiger partial charge on any atom is 0.132 e. The van der Waals surface area contributed by atoms with Crippen molar-refractivity contribution in [2.45, 2.75) is 31.1 Å². The number of nitrogens with two attached hydrogens (primary N) is 1. The minimum Gasteiger partial charge on any atom is -0.496 e. The first-order chi connectivity index (χ1) is 8.76. The van der Waals surface area contributed by atoms with Gasteiger partial charge in [-0.1, -0.05) is 6.92 Å². The van der Waals surface area contributed by atoms with Gasteiger partial charge in [0.15, 0.2) is 0 Å². The number of benzene rings is 1. The molecule has 4 heteroatoms. The summed E-state index contributed by atoms with van der Waals surface area (Å²) in [6.45, 7) is 2.87. The average Bonchev–Trinajstić information content (AvgIpc) is 2.40. The fourth-order valence-electron chi connectivity index (χ4n) is 1.86. The van der Waals surface area contributed by atoms with Crippen LogP contribution in [0.25, 0.3) is 0 Å². The predicted molar refractivity (Wildman–Crippen MR) is 77.9 cm³/mol. The number of ether oxygens (including phenoxy) is 2. The molecule has 1 rings (SSSR count). The van der Waals surface area contributed by atoms with Gasteiger partial charge in [-0.05, 0) is 49.3 Å². The first-order valence-corrected chi connectivity index (χ1v) is 7.33. The Morgan fingerprint density at radius 1 is 1.11 bits per heavy atom. The predicted octanol–water partition coefficient (Wildman–Crippen LogP) is 3.10. The number of thioether (sulfide) groups is 1. The highest BCUT2D eigenvalue weighted by Gasteiger charge is 2.11. The first-order valence-electron chi connectivity index (χ1n) is 6.34. The summed E-state index contributed by atoms with van der Waals surface area (Å²) >= 11 is 1.77. The van der Waals surface area contributed by atoms with Gasteiger partial charge in [0.2, 0.25) is 0 Å². The Labute approximate surface area is 114 Å². The van der Waals surface area contributed by atoms with E-state index in [4.69, 9.17) is 15.2 Å². The van der Waals surface area contributed by atoms with Gasteiger partial charge in [0, 0.05) is 0 Å². The monoisotopic (exact) mass is 269 g/mol. The maximum atomic E-state index is 5.52. The molecule has 1 aromatic carbocycles. The van der Waals surface area contributed by atoms with Crippen molar-refractivity contribution in [3.8, 4) is 11.5 Å². The summed E-state index contributed by atoms with van der Waals surface area (Å²) in [5, 5.41) is 0. The second kappa shape index (κ2) is 8.27. The molecule has 18 heavy (non-hydrogen) atoms. The highest BCUT2D eigenvalue weighted by atomic mass is 32.2. The molecular formula is C14H23NO2S. The van der Waals surface area contributed by atoms with Crippen LogP contribution in [0.4, 0.5) is 0 Å². The van der Waals surface area contributed by atoms with E-state index in [9.17, 15) is 0 Å². The van der Waals surface area contributed by atoms with E-state index in [1.165, 1.54) is 5.56 Å². The van der Waals surface area contributed by atoms with Crippen LogP contribution in [0.2, 0.25) is 0 Å². The quantitative estimate of drug-likeness (QED) is 0.582. The summed E-state index contributed by atoms with van der Waals surface area (Å²) in [4.78, 5) is 1.14. The summed E-state index contributed by atoms with van der Waals surface area (Å²) in [5.74, 6) is 2.90. The number of methoxy groups -OCH3 is 2. The molecule has 0 radical (unpaired) electrons. The Hall–Kier alpha value is -0.870. The zero-order chi connectivity index (χ0) is 13.4. The Balaban J connectivity index is 2.94. The highest BCUT2D eigenvalue weighted by Crippen LogP contribution is 2.36. The van der Waals surface area contributed by atoms with E-state index in [0.717, 1.165) is 48.0 Å². The molecule has 0 amide bonds. The second-order valence-electron chi connectivity index (χ2n) is 3.99. The molecule has 0 saturated carbocycles. The van der Waals surface area contributed by atoms with Crippen LogP contribution in [0.15, 0.2) is 17.0 Å². The van der Waals surface area contributed by atoms with E-state index in [-0.39, 0.29) is 0 Å². The molecule has 0 unspecified atom stereocenters. The van der Waals surface area contributed by atoms with Crippen molar-refractivity contribution in [3.63, 3.8) is 0 Å². The highest BCUT2D eigenvalue weighted by molar-refractivity contribution is 7.99. The normalized spacial score (nSPS) is 10.4. The van der Waals surface area contributed by atoms with Gasteiger partial charge in [-0.15, -0.1) is 11.8 Å². The van der Waals surface area contributed by atoms with E-state index in [1.54, 1.807) is 26.0 Å². The lowest BCUT2D eigenvalue weighted by atomic mass is 10.1. The third kappa shape index (κ3) is 4.10. The van der Waals surface area contributed by atoms with E-state index in [0.29, 0.717) is 0 Å². The molecule has 0 spiro atoms. The minimum atomic E-state index is 0.739. The zero-order valence-electron chi connectivity index (χ0n) is 11.5. The molecule has 0 aliphatic heterocycles. The van der Waals surface area contributed by atoms with Crippen LogP contribution in [0.5, 0.6) is 11.5 Å². The number of rotatable bonds is 8. The summed E-state index contributed by atoms with van der Waals surface area (Å²) in [6, 6.07) is 4.16. The lowest BCUT2D eigenvalue weighted by Gasteiger charge is -2.14. The van der Waals surface area contributed by atoms with Gasteiger partial charge in [0.25, 0.3) is 0 Å². The Bertz CT molecular complexity index is 369. The van der Waals surface area contributed by atoms with Crippen LogP contribution in [-0.4, -0.2) is 26.5 Å². The van der Waals surface area contributed by atoms with Gasteiger partial charge in [0.1, 0.15) is 11.5 Å². The molecule has 102 valence electrons. The Kier molecular flexibility index (Phi) is 6.98. The molecule has 0 aromatic heterocycles. The Morgan fingerprint density at radius 2 is 1.83 bits per heavy atom. The number of hydrogen-bond donors (Lipinski definition) is 1. The molecule has 1 aromatic rings. The minimum absolute atomic E-state index is 0.739. The SMILES string of the molecule is CCSc1cc(OC)c(CCCCN)cc1OC. The molecule has 2 N–H and O–H groups in total. The van der Waals surface area contributed by atoms with Crippen LogP contribution >= 0.6 is 11.8 Å². The van der Waals surface area contributed by atoms with Gasteiger partial charge >= 0.3 is 0 Å². The largest absolute Gasteiger partial charge is 0.496 e. The Morgan fingerprint density at radius 3 is 2.39 bits per heavy atom. The smallest absolute Gasteiger partial charge is 0.132 e. The van der Waals surface area contributed by atoms with Crippen LogP contribution in [-0.2, 0) is 6.42 Å². The van der Waals surface area contributed by atoms with Crippen LogP contribution in [0.3, 0.4) is 0 Å². The third-order valence-electron chi connectivity index (χ3n) is 2.77. The molecule has 0 aliphatic carbocycles. The van der Waals surface area contributed by atoms with Crippen LogP contribution < -0.4 is 15.2 Å². The summed E-state index contributed by atoms with van der Waals surface area (Å²) in [6.07, 6.45) is 3.10. The lowest BCUT2D eigenvalue weighted by molar-refractivity contribution is 0.390. The molecule has 0 saturated heterocycles. The van der Waals surface area contributed by atoms with E-state index >= 15 is 0 Å². The van der Waals surface area contributed by atoms with Gasteiger partial charge < -0.3 is 15.2 Å². The zero-order valence-corrected chi connectivity index (χ0v) is 12.3. The van der Waals surface area contributed by atoms with Crippen LogP contribution in [0.1, 0.15) is 25.3 Å². The number of aryl methyl sites for hydroxylation is 1. The maximum absolute atomic E-state index is 5.52. The topological polar surface area (TPSA) is 44.5 Å². The molecule has 0 atom stereocenters. The van der Waals surface area contributed by atoms with Crippen molar-refractivity contribution in [1.82, 2.24) is 0 Å². The van der Waals surface area contributed by atoms with Crippen molar-refractivity contribution in [1.29, 1.82) is 0 Å². The van der Waals surface area contributed by atoms with Gasteiger partial charge in [-0.2, -0.15) is 0 Å². The lowest BCUT2D eigenvalue weighted by Crippen LogP contribution is -2.00. The van der Waals surface area contributed by atoms with Crippen molar-refractivity contribution in [2.24, 2.45) is 5.73 Å². The van der Waals surface area contributed by atoms with E-state index in [2.05, 4.69) is 19.1 Å². The average molecular weight is 269 g/mol. The fraction of sp³-hybridized carbons (Fsp3) is 0.571. The fourth-order valence-corrected chi connectivity index (χ4v) is 2.64. The van der Waals surface area contributed by atoms with Gasteiger partial charge in [0.05, 0.1) is 19.1 Å². The molecule has 0 bridgehead atoms. The van der Waals surface area contributed by atoms with Crippen molar-refractivity contribution < 1.29 is 9.47 Å². The second-order valence-corrected chi connectivity index (χ2v) is 5.30. The molecule has 0 heterocycles. The molecule has 3 nitrogen and oxygen atoms in total. The third-order valence-corrected chi connectivity index (χ3v) is 3.69. The van der Waals surface area contributed by atoms with E-state index < -0.39 is 0 Å². The summed E-state index contributed by atoms with van der Waals surface area (Å²) in [7, 11) is 3.43. The van der Waals surface area contributed by atoms with E-state index in [1.807, 2.05) is 0 Å². The van der Waals surface area contributed by atoms with Crippen molar-refractivity contribution in [3.05, 3.63) is 17.7 Å². The molecular weight excluding hydrogens is 246 g/mol. The van der Waals surface area contributed by atoms with Gasteiger partial charge in [-0.3, -0.25) is 0 Å². The van der Waals surface area contributed by atoms with Crippen molar-refractivity contribution in [2.75, 3.05) is 26.5 Å². The van der Waals surface area contributed by atoms with Crippen LogP contribution in [0, 0.1) is 0 Å². The number of hydrogen-bond acceptors (Lipinski definition) is 4. The summed E-state index contributed by atoms with van der Waals surface area (Å²) in [5.41, 5.74) is 6.72.